The first-order valence-electron chi connectivity index (χ1n) is 6.15. The molecule has 0 fully saturated rings. The third-order valence-corrected chi connectivity index (χ3v) is 3.10. The van der Waals surface area contributed by atoms with Crippen LogP contribution in [0.25, 0.3) is 11.5 Å². The molecule has 3 rings (SSSR count). The average Bonchev–Trinajstić information content (AvgIpc) is 2.46. The molecule has 0 unspecified atom stereocenters. The van der Waals surface area contributed by atoms with Crippen LogP contribution in [0, 0.1) is 0 Å². The molecule has 104 valence electrons. The summed E-state index contributed by atoms with van der Waals surface area (Å²) in [6, 6.07) is 4.99. The molecule has 20 heavy (non-hydrogen) atoms. The minimum atomic E-state index is -4.49. The summed E-state index contributed by atoms with van der Waals surface area (Å²) in [5, 5.41) is 2.92. The van der Waals surface area contributed by atoms with Crippen molar-refractivity contribution in [1.82, 2.24) is 20.3 Å². The first kappa shape index (κ1) is 13.0. The lowest BCUT2D eigenvalue weighted by Gasteiger charge is -2.21. The number of hydrogen-bond acceptors (Lipinski definition) is 4. The Morgan fingerprint density at radius 1 is 1.15 bits per heavy atom. The summed E-state index contributed by atoms with van der Waals surface area (Å²) in [6.45, 7) is 0.760. The second kappa shape index (κ2) is 4.82. The van der Waals surface area contributed by atoms with Crippen LogP contribution < -0.4 is 5.32 Å². The SMILES string of the molecule is FC(F)(F)c1nc(-c2ccccn2)nc2c1CNCC2. The van der Waals surface area contributed by atoms with E-state index in [2.05, 4.69) is 20.3 Å². The van der Waals surface area contributed by atoms with Gasteiger partial charge in [0.2, 0.25) is 0 Å². The van der Waals surface area contributed by atoms with Crippen molar-refractivity contribution in [1.29, 1.82) is 0 Å². The van der Waals surface area contributed by atoms with Gasteiger partial charge in [-0.25, -0.2) is 9.97 Å². The highest BCUT2D eigenvalue weighted by molar-refractivity contribution is 5.50. The highest BCUT2D eigenvalue weighted by Gasteiger charge is 2.38. The van der Waals surface area contributed by atoms with E-state index in [1.165, 1.54) is 6.20 Å². The molecule has 3 heterocycles. The van der Waals surface area contributed by atoms with Crippen molar-refractivity contribution in [2.24, 2.45) is 0 Å². The summed E-state index contributed by atoms with van der Waals surface area (Å²) in [5.74, 6) is 0.0265. The molecule has 0 aromatic carbocycles. The molecule has 2 aromatic rings. The predicted octanol–water partition coefficient (Wildman–Crippen LogP) is 2.20. The van der Waals surface area contributed by atoms with Crippen molar-refractivity contribution in [3.05, 3.63) is 41.3 Å². The minimum Gasteiger partial charge on any atom is -0.312 e. The molecule has 1 aliphatic rings. The van der Waals surface area contributed by atoms with Gasteiger partial charge in [-0.3, -0.25) is 4.98 Å². The third-order valence-electron chi connectivity index (χ3n) is 3.10. The van der Waals surface area contributed by atoms with Crippen LogP contribution in [0.1, 0.15) is 17.0 Å². The fourth-order valence-electron chi connectivity index (χ4n) is 2.19. The van der Waals surface area contributed by atoms with E-state index in [0.29, 0.717) is 24.4 Å². The second-order valence-electron chi connectivity index (χ2n) is 4.46. The monoisotopic (exact) mass is 280 g/mol. The molecule has 0 radical (unpaired) electrons. The maximum Gasteiger partial charge on any atom is 0.433 e. The summed E-state index contributed by atoms with van der Waals surface area (Å²) in [4.78, 5) is 11.9. The Bertz CT molecular complexity index is 626. The molecule has 7 heteroatoms. The summed E-state index contributed by atoms with van der Waals surface area (Å²) in [5.41, 5.74) is 0.0739. The van der Waals surface area contributed by atoms with Crippen LogP contribution >= 0.6 is 0 Å². The molecular weight excluding hydrogens is 269 g/mol. The van der Waals surface area contributed by atoms with Crippen molar-refractivity contribution >= 4 is 0 Å². The number of pyridine rings is 1. The number of hydrogen-bond donors (Lipinski definition) is 1. The fourth-order valence-corrected chi connectivity index (χ4v) is 2.19. The number of alkyl halides is 3. The average molecular weight is 280 g/mol. The Morgan fingerprint density at radius 3 is 2.70 bits per heavy atom. The summed E-state index contributed by atoms with van der Waals surface area (Å²) >= 11 is 0. The quantitative estimate of drug-likeness (QED) is 0.870. The Labute approximate surface area is 113 Å². The van der Waals surface area contributed by atoms with Crippen molar-refractivity contribution in [3.63, 3.8) is 0 Å². The van der Waals surface area contributed by atoms with Gasteiger partial charge in [0.25, 0.3) is 0 Å². The van der Waals surface area contributed by atoms with Crippen LogP contribution in [0.15, 0.2) is 24.4 Å². The molecule has 0 bridgehead atoms. The normalized spacial score (nSPS) is 14.9. The molecule has 0 saturated carbocycles. The van der Waals surface area contributed by atoms with Gasteiger partial charge < -0.3 is 5.32 Å². The highest BCUT2D eigenvalue weighted by Crippen LogP contribution is 2.33. The Kier molecular flexibility index (Phi) is 3.13. The molecule has 0 spiro atoms. The number of fused-ring (bicyclic) bond motifs is 1. The fraction of sp³-hybridized carbons (Fsp3) is 0.308. The zero-order chi connectivity index (χ0) is 14.2. The topological polar surface area (TPSA) is 50.7 Å². The molecule has 0 atom stereocenters. The van der Waals surface area contributed by atoms with Gasteiger partial charge in [-0.1, -0.05) is 6.07 Å². The largest absolute Gasteiger partial charge is 0.433 e. The van der Waals surface area contributed by atoms with Crippen molar-refractivity contribution in [2.45, 2.75) is 19.1 Å². The van der Waals surface area contributed by atoms with E-state index in [-0.39, 0.29) is 17.9 Å². The molecule has 4 nitrogen and oxygen atoms in total. The van der Waals surface area contributed by atoms with Crippen LogP contribution in [0.2, 0.25) is 0 Å². The summed E-state index contributed by atoms with van der Waals surface area (Å²) in [7, 11) is 0. The number of aromatic nitrogens is 3. The molecular formula is C13H11F3N4. The van der Waals surface area contributed by atoms with E-state index in [4.69, 9.17) is 0 Å². The summed E-state index contributed by atoms with van der Waals surface area (Å²) < 4.78 is 39.4. The van der Waals surface area contributed by atoms with E-state index < -0.39 is 11.9 Å². The predicted molar refractivity (Wildman–Crippen MR) is 65.7 cm³/mol. The van der Waals surface area contributed by atoms with Crippen LogP contribution in [0.3, 0.4) is 0 Å². The van der Waals surface area contributed by atoms with E-state index in [1.807, 2.05) is 0 Å². The Hall–Kier alpha value is -2.02. The minimum absolute atomic E-state index is 0.0265. The number of nitrogens with zero attached hydrogens (tertiary/aromatic N) is 3. The van der Waals surface area contributed by atoms with Crippen LogP contribution in [-0.2, 0) is 19.1 Å². The van der Waals surface area contributed by atoms with Gasteiger partial charge in [0.05, 0.1) is 5.69 Å². The molecule has 1 aliphatic heterocycles. The summed E-state index contributed by atoms with van der Waals surface area (Å²) in [6.07, 6.45) is -2.52. The van der Waals surface area contributed by atoms with Gasteiger partial charge in [-0.05, 0) is 12.1 Å². The van der Waals surface area contributed by atoms with Crippen LogP contribution in [0.5, 0.6) is 0 Å². The van der Waals surface area contributed by atoms with Gasteiger partial charge in [0.15, 0.2) is 11.5 Å². The first-order valence-corrected chi connectivity index (χ1v) is 6.15. The molecule has 0 aliphatic carbocycles. The smallest absolute Gasteiger partial charge is 0.312 e. The van der Waals surface area contributed by atoms with E-state index >= 15 is 0 Å². The van der Waals surface area contributed by atoms with Crippen molar-refractivity contribution in [2.75, 3.05) is 6.54 Å². The van der Waals surface area contributed by atoms with Gasteiger partial charge in [0.1, 0.15) is 5.69 Å². The third kappa shape index (κ3) is 2.36. The first-order chi connectivity index (χ1) is 9.55. The lowest BCUT2D eigenvalue weighted by molar-refractivity contribution is -0.142. The lowest BCUT2D eigenvalue weighted by atomic mass is 10.0. The van der Waals surface area contributed by atoms with Gasteiger partial charge >= 0.3 is 6.18 Å². The van der Waals surface area contributed by atoms with E-state index in [0.717, 1.165) is 0 Å². The molecule has 0 amide bonds. The molecule has 2 aromatic heterocycles. The lowest BCUT2D eigenvalue weighted by Crippen LogP contribution is -2.29. The second-order valence-corrected chi connectivity index (χ2v) is 4.46. The van der Waals surface area contributed by atoms with Crippen LogP contribution in [-0.4, -0.2) is 21.5 Å². The van der Waals surface area contributed by atoms with Crippen LogP contribution in [0.4, 0.5) is 13.2 Å². The standard InChI is InChI=1S/C13H11F3N4/c14-13(15,16)11-8-7-17-6-4-9(8)19-12(20-11)10-3-1-2-5-18-10/h1-3,5,17H,4,6-7H2. The van der Waals surface area contributed by atoms with Crippen molar-refractivity contribution < 1.29 is 13.2 Å². The number of nitrogens with one attached hydrogen (secondary N) is 1. The van der Waals surface area contributed by atoms with Gasteiger partial charge in [0, 0.05) is 31.3 Å². The Balaban J connectivity index is 2.19. The van der Waals surface area contributed by atoms with Crippen molar-refractivity contribution in [3.8, 4) is 11.5 Å². The molecule has 1 N–H and O–H groups in total. The maximum atomic E-state index is 13.1. The van der Waals surface area contributed by atoms with Gasteiger partial charge in [-0.2, -0.15) is 13.2 Å². The highest BCUT2D eigenvalue weighted by atomic mass is 19.4. The number of rotatable bonds is 1. The molecule has 0 saturated heterocycles. The Morgan fingerprint density at radius 2 is 2.00 bits per heavy atom. The number of halogens is 3. The van der Waals surface area contributed by atoms with Gasteiger partial charge in [-0.15, -0.1) is 0 Å². The van der Waals surface area contributed by atoms with E-state index in [9.17, 15) is 13.2 Å². The zero-order valence-electron chi connectivity index (χ0n) is 10.4. The maximum absolute atomic E-state index is 13.1. The van der Waals surface area contributed by atoms with E-state index in [1.54, 1.807) is 18.2 Å². The zero-order valence-corrected chi connectivity index (χ0v) is 10.4.